The second kappa shape index (κ2) is 8.47. The molecule has 9 heteroatoms. The Bertz CT molecular complexity index is 1220. The Labute approximate surface area is 194 Å². The lowest BCUT2D eigenvalue weighted by atomic mass is 9.90. The average Bonchev–Trinajstić information content (AvgIpc) is 3.55. The molecule has 1 aliphatic heterocycles. The maximum absolute atomic E-state index is 16.2. The summed E-state index contributed by atoms with van der Waals surface area (Å²) in [4.78, 5) is 1.63. The summed E-state index contributed by atoms with van der Waals surface area (Å²) in [6, 6.07) is 8.31. The molecule has 0 amide bonds. The number of rotatable bonds is 7. The van der Waals surface area contributed by atoms with Crippen molar-refractivity contribution >= 4 is 5.82 Å². The number of anilines is 1. The number of methoxy groups -OCH3 is 1. The second-order valence-corrected chi connectivity index (χ2v) is 8.62. The summed E-state index contributed by atoms with van der Waals surface area (Å²) < 4.78 is 66.9. The van der Waals surface area contributed by atoms with E-state index in [0.717, 1.165) is 29.7 Å². The largest absolute Gasteiger partial charge is 0.497 e. The first-order chi connectivity index (χ1) is 16.3. The number of hydrogen-bond donors (Lipinski definition) is 1. The van der Waals surface area contributed by atoms with Crippen molar-refractivity contribution in [2.75, 3.05) is 19.0 Å². The summed E-state index contributed by atoms with van der Waals surface area (Å²) in [5.41, 5.74) is 0.191. The van der Waals surface area contributed by atoms with Crippen LogP contribution in [0.4, 0.5) is 23.4 Å². The number of ether oxygens (including phenoxy) is 1. The van der Waals surface area contributed by atoms with E-state index >= 15 is 8.78 Å². The molecule has 0 radical (unpaired) electrons. The van der Waals surface area contributed by atoms with Gasteiger partial charge in [-0.05, 0) is 42.7 Å². The standard InChI is InChI=1S/C25H24F4N4O/c1-3-12-32-14-19-22(25(28,29)23(32)15-4-9-18(34-2)10-5-15)31-33(24(19)30-17-7-8-17)21-11-6-16(26)13-20(21)27/h3-6,9-11,13,17,23,30H,1,7-8,12,14H2,2H3. The molecule has 1 N–H and O–H groups in total. The van der Waals surface area contributed by atoms with Crippen LogP contribution >= 0.6 is 0 Å². The Morgan fingerprint density at radius 1 is 1.18 bits per heavy atom. The van der Waals surface area contributed by atoms with Crippen LogP contribution in [0.1, 0.15) is 35.7 Å². The van der Waals surface area contributed by atoms with Crippen molar-refractivity contribution in [1.29, 1.82) is 0 Å². The van der Waals surface area contributed by atoms with Crippen LogP contribution in [0.25, 0.3) is 5.69 Å². The molecule has 1 aliphatic carbocycles. The van der Waals surface area contributed by atoms with E-state index < -0.39 is 29.3 Å². The SMILES string of the molecule is C=CCN1Cc2c(nn(-c3ccc(F)cc3F)c2NC2CC2)C(F)(F)C1c1ccc(OC)cc1. The normalized spacial score (nSPS) is 19.5. The highest BCUT2D eigenvalue weighted by Crippen LogP contribution is 2.51. The molecule has 0 saturated heterocycles. The topological polar surface area (TPSA) is 42.3 Å². The van der Waals surface area contributed by atoms with Crippen LogP contribution in [0.2, 0.25) is 0 Å². The predicted molar refractivity (Wildman–Crippen MR) is 120 cm³/mol. The highest BCUT2D eigenvalue weighted by atomic mass is 19.3. The van der Waals surface area contributed by atoms with Gasteiger partial charge in [-0.3, -0.25) is 4.90 Å². The predicted octanol–water partition coefficient (Wildman–Crippen LogP) is 5.57. The van der Waals surface area contributed by atoms with E-state index in [9.17, 15) is 8.78 Å². The van der Waals surface area contributed by atoms with Gasteiger partial charge in [0.05, 0.1) is 7.11 Å². The molecule has 0 spiro atoms. The third-order valence-corrected chi connectivity index (χ3v) is 6.22. The highest BCUT2D eigenvalue weighted by molar-refractivity contribution is 5.57. The Morgan fingerprint density at radius 3 is 2.53 bits per heavy atom. The van der Waals surface area contributed by atoms with Gasteiger partial charge < -0.3 is 10.1 Å². The van der Waals surface area contributed by atoms with E-state index in [1.54, 1.807) is 35.2 Å². The van der Waals surface area contributed by atoms with Gasteiger partial charge in [-0.1, -0.05) is 18.2 Å². The fraction of sp³-hybridized carbons (Fsp3) is 0.320. The smallest absolute Gasteiger partial charge is 0.311 e. The Balaban J connectivity index is 1.67. The molecule has 178 valence electrons. The lowest BCUT2D eigenvalue weighted by Gasteiger charge is -2.40. The Morgan fingerprint density at radius 2 is 1.91 bits per heavy atom. The van der Waals surface area contributed by atoms with E-state index in [0.29, 0.717) is 22.7 Å². The van der Waals surface area contributed by atoms with Crippen molar-refractivity contribution in [2.24, 2.45) is 0 Å². The van der Waals surface area contributed by atoms with Crippen molar-refractivity contribution in [1.82, 2.24) is 14.7 Å². The summed E-state index contributed by atoms with van der Waals surface area (Å²) in [7, 11) is 1.51. The number of nitrogens with one attached hydrogen (secondary N) is 1. The minimum Gasteiger partial charge on any atom is -0.497 e. The van der Waals surface area contributed by atoms with Gasteiger partial charge in [0.2, 0.25) is 0 Å². The van der Waals surface area contributed by atoms with Crippen LogP contribution in [0.15, 0.2) is 55.1 Å². The van der Waals surface area contributed by atoms with Crippen LogP contribution < -0.4 is 10.1 Å². The van der Waals surface area contributed by atoms with Gasteiger partial charge in [-0.2, -0.15) is 13.9 Å². The van der Waals surface area contributed by atoms with E-state index in [1.807, 2.05) is 0 Å². The van der Waals surface area contributed by atoms with Gasteiger partial charge in [0, 0.05) is 30.8 Å². The van der Waals surface area contributed by atoms with E-state index in [1.165, 1.54) is 13.2 Å². The van der Waals surface area contributed by atoms with Crippen LogP contribution in [0.5, 0.6) is 5.75 Å². The van der Waals surface area contributed by atoms with Crippen LogP contribution in [-0.4, -0.2) is 34.4 Å². The molecule has 0 bridgehead atoms. The maximum Gasteiger partial charge on any atom is 0.311 e. The molecule has 5 nitrogen and oxygen atoms in total. The minimum absolute atomic E-state index is 0.0916. The molecule has 2 aliphatic rings. The lowest BCUT2D eigenvalue weighted by molar-refractivity contribution is -0.106. The van der Waals surface area contributed by atoms with Crippen LogP contribution in [0, 0.1) is 11.6 Å². The molecule has 1 fully saturated rings. The Hall–Kier alpha value is -3.33. The van der Waals surface area contributed by atoms with Crippen LogP contribution in [0.3, 0.4) is 0 Å². The minimum atomic E-state index is -3.40. The highest BCUT2D eigenvalue weighted by Gasteiger charge is 2.53. The van der Waals surface area contributed by atoms with E-state index in [2.05, 4.69) is 17.0 Å². The fourth-order valence-electron chi connectivity index (χ4n) is 4.46. The van der Waals surface area contributed by atoms with Gasteiger partial charge in [0.1, 0.15) is 34.8 Å². The van der Waals surface area contributed by atoms with Gasteiger partial charge in [0.25, 0.3) is 0 Å². The van der Waals surface area contributed by atoms with Crippen molar-refractivity contribution in [3.63, 3.8) is 0 Å². The molecule has 1 aromatic heterocycles. The number of nitrogens with zero attached hydrogens (tertiary/aromatic N) is 3. The fourth-order valence-corrected chi connectivity index (χ4v) is 4.46. The maximum atomic E-state index is 16.2. The summed E-state index contributed by atoms with van der Waals surface area (Å²) in [5.74, 6) is -4.16. The van der Waals surface area contributed by atoms with Crippen molar-refractivity contribution in [3.05, 3.63) is 83.6 Å². The first-order valence-corrected chi connectivity index (χ1v) is 11.0. The molecule has 1 unspecified atom stereocenters. The number of benzene rings is 2. The van der Waals surface area contributed by atoms with Gasteiger partial charge in [-0.25, -0.2) is 13.5 Å². The summed E-state index contributed by atoms with van der Waals surface area (Å²) >= 11 is 0. The zero-order valence-electron chi connectivity index (χ0n) is 18.6. The summed E-state index contributed by atoms with van der Waals surface area (Å²) in [6.45, 7) is 4.11. The third kappa shape index (κ3) is 3.83. The van der Waals surface area contributed by atoms with Crippen molar-refractivity contribution in [3.8, 4) is 11.4 Å². The van der Waals surface area contributed by atoms with Gasteiger partial charge in [0.15, 0.2) is 5.82 Å². The lowest BCUT2D eigenvalue weighted by Crippen LogP contribution is -2.44. The average molecular weight is 472 g/mol. The number of hydrogen-bond acceptors (Lipinski definition) is 4. The zero-order valence-corrected chi connectivity index (χ0v) is 18.6. The first-order valence-electron chi connectivity index (χ1n) is 11.0. The van der Waals surface area contributed by atoms with E-state index in [4.69, 9.17) is 4.74 Å². The Kier molecular flexibility index (Phi) is 5.59. The van der Waals surface area contributed by atoms with Gasteiger partial charge >= 0.3 is 5.92 Å². The third-order valence-electron chi connectivity index (χ3n) is 6.22. The first kappa shape index (κ1) is 22.5. The number of alkyl halides is 2. The molecular weight excluding hydrogens is 448 g/mol. The molecule has 2 aromatic carbocycles. The van der Waals surface area contributed by atoms with E-state index in [-0.39, 0.29) is 24.8 Å². The quantitative estimate of drug-likeness (QED) is 0.361. The number of aromatic nitrogens is 2. The molecule has 1 atom stereocenters. The molecule has 3 aromatic rings. The molecule has 2 heterocycles. The second-order valence-electron chi connectivity index (χ2n) is 8.62. The summed E-state index contributed by atoms with van der Waals surface area (Å²) in [6.07, 6.45) is 3.34. The van der Waals surface area contributed by atoms with Gasteiger partial charge in [-0.15, -0.1) is 6.58 Å². The number of fused-ring (bicyclic) bond motifs is 1. The van der Waals surface area contributed by atoms with Crippen LogP contribution in [-0.2, 0) is 12.5 Å². The monoisotopic (exact) mass is 472 g/mol. The van der Waals surface area contributed by atoms with Crippen molar-refractivity contribution in [2.45, 2.75) is 37.4 Å². The molecular formula is C25H24F4N4O. The zero-order chi connectivity index (χ0) is 24.0. The summed E-state index contributed by atoms with van der Waals surface area (Å²) in [5, 5.41) is 7.45. The molecule has 1 saturated carbocycles. The van der Waals surface area contributed by atoms with Crippen molar-refractivity contribution < 1.29 is 22.3 Å². The molecule has 5 rings (SSSR count). The molecule has 34 heavy (non-hydrogen) atoms. The number of halogens is 4.